The van der Waals surface area contributed by atoms with Gasteiger partial charge in [-0.15, -0.1) is 11.3 Å². The van der Waals surface area contributed by atoms with E-state index in [2.05, 4.69) is 10.0 Å². The fraction of sp³-hybridized carbons (Fsp3) is 0.733. The third-order valence-electron chi connectivity index (χ3n) is 5.09. The smallest absolute Gasteiger partial charge is 0.250 e. The van der Waals surface area contributed by atoms with E-state index >= 15 is 0 Å². The van der Waals surface area contributed by atoms with Crippen LogP contribution in [0.15, 0.2) is 16.3 Å². The number of thiophene rings is 1. The summed E-state index contributed by atoms with van der Waals surface area (Å²) in [4.78, 5) is 1.11. The highest BCUT2D eigenvalue weighted by Gasteiger charge is 2.41. The summed E-state index contributed by atoms with van der Waals surface area (Å²) in [6.45, 7) is 0.791. The lowest BCUT2D eigenvalue weighted by Gasteiger charge is -2.22. The first-order valence-electron chi connectivity index (χ1n) is 7.94. The van der Waals surface area contributed by atoms with Crippen molar-refractivity contribution < 1.29 is 8.42 Å². The minimum atomic E-state index is -3.33. The Labute approximate surface area is 130 Å². The van der Waals surface area contributed by atoms with Crippen LogP contribution >= 0.6 is 11.3 Å². The molecule has 0 amide bonds. The summed E-state index contributed by atoms with van der Waals surface area (Å²) in [5, 5.41) is 3.43. The van der Waals surface area contributed by atoms with E-state index in [1.165, 1.54) is 43.4 Å². The molecule has 1 aromatic rings. The van der Waals surface area contributed by atoms with Crippen LogP contribution in [-0.4, -0.2) is 20.5 Å². The summed E-state index contributed by atoms with van der Waals surface area (Å²) >= 11 is 1.40. The predicted molar refractivity (Wildman–Crippen MR) is 83.7 cm³/mol. The topological polar surface area (TPSA) is 58.2 Å². The van der Waals surface area contributed by atoms with Crippen molar-refractivity contribution in [2.75, 3.05) is 0 Å². The van der Waals surface area contributed by atoms with E-state index in [4.69, 9.17) is 0 Å². The van der Waals surface area contributed by atoms with Crippen LogP contribution in [0.4, 0.5) is 0 Å². The maximum absolute atomic E-state index is 12.5. The summed E-state index contributed by atoms with van der Waals surface area (Å²) in [6, 6.07) is 4.52. The van der Waals surface area contributed by atoms with Gasteiger partial charge in [0.05, 0.1) is 0 Å². The molecule has 1 aromatic heterocycles. The molecule has 4 rings (SSSR count). The van der Waals surface area contributed by atoms with E-state index in [9.17, 15) is 8.42 Å². The molecule has 0 radical (unpaired) electrons. The maximum Gasteiger partial charge on any atom is 0.250 e. The highest BCUT2D eigenvalue weighted by Crippen LogP contribution is 2.45. The fourth-order valence-electron chi connectivity index (χ4n) is 3.78. The van der Waals surface area contributed by atoms with Crippen molar-refractivity contribution in [3.05, 3.63) is 17.0 Å². The minimum Gasteiger partial charge on any atom is -0.309 e. The zero-order chi connectivity index (χ0) is 14.4. The predicted octanol–water partition coefficient (Wildman–Crippen LogP) is 2.47. The molecule has 0 spiro atoms. The molecule has 3 aliphatic carbocycles. The highest BCUT2D eigenvalue weighted by molar-refractivity contribution is 7.91. The van der Waals surface area contributed by atoms with Crippen LogP contribution in [0.3, 0.4) is 0 Å². The molecule has 1 heterocycles. The summed E-state index contributed by atoms with van der Waals surface area (Å²) in [6.07, 6.45) is 7.24. The second-order valence-corrected chi connectivity index (χ2v) is 9.89. The summed E-state index contributed by atoms with van der Waals surface area (Å²) in [7, 11) is -3.33. The van der Waals surface area contributed by atoms with Gasteiger partial charge in [0.1, 0.15) is 4.21 Å². The van der Waals surface area contributed by atoms with Crippen molar-refractivity contribution in [1.82, 2.24) is 10.0 Å². The second-order valence-electron chi connectivity index (χ2n) is 6.78. The zero-order valence-corrected chi connectivity index (χ0v) is 13.7. The molecule has 3 saturated carbocycles. The average molecular weight is 326 g/mol. The molecular formula is C15H22N2O2S2. The quantitative estimate of drug-likeness (QED) is 0.844. The third-order valence-corrected chi connectivity index (χ3v) is 8.16. The number of sulfonamides is 1. The van der Waals surface area contributed by atoms with E-state index in [0.29, 0.717) is 16.2 Å². The van der Waals surface area contributed by atoms with E-state index in [1.807, 2.05) is 6.07 Å². The fourth-order valence-corrected chi connectivity index (χ4v) is 6.42. The van der Waals surface area contributed by atoms with Crippen molar-refractivity contribution in [2.45, 2.75) is 61.4 Å². The Bertz CT molecular complexity index is 621. The largest absolute Gasteiger partial charge is 0.309 e. The van der Waals surface area contributed by atoms with E-state index < -0.39 is 10.0 Å². The molecule has 2 N–H and O–H groups in total. The van der Waals surface area contributed by atoms with Gasteiger partial charge < -0.3 is 5.32 Å². The Morgan fingerprint density at radius 1 is 1.14 bits per heavy atom. The number of hydrogen-bond acceptors (Lipinski definition) is 4. The Hall–Kier alpha value is -0.430. The van der Waals surface area contributed by atoms with Gasteiger partial charge in [0.15, 0.2) is 0 Å². The second kappa shape index (κ2) is 5.33. The first kappa shape index (κ1) is 14.2. The lowest BCUT2D eigenvalue weighted by Crippen LogP contribution is -2.38. The molecule has 3 fully saturated rings. The molecule has 0 aromatic carbocycles. The van der Waals surface area contributed by atoms with Gasteiger partial charge in [-0.25, -0.2) is 13.1 Å². The van der Waals surface area contributed by atoms with Gasteiger partial charge in [-0.2, -0.15) is 0 Å². The lowest BCUT2D eigenvalue weighted by molar-refractivity contribution is 0.390. The van der Waals surface area contributed by atoms with Crippen molar-refractivity contribution in [2.24, 2.45) is 11.8 Å². The molecule has 4 nitrogen and oxygen atoms in total. The van der Waals surface area contributed by atoms with Crippen molar-refractivity contribution >= 4 is 21.4 Å². The van der Waals surface area contributed by atoms with Crippen LogP contribution in [0, 0.1) is 11.8 Å². The van der Waals surface area contributed by atoms with Crippen LogP contribution in [0.1, 0.15) is 43.4 Å². The molecule has 3 aliphatic rings. The number of nitrogens with one attached hydrogen (secondary N) is 2. The molecular weight excluding hydrogens is 304 g/mol. The van der Waals surface area contributed by atoms with Gasteiger partial charge in [-0.3, -0.25) is 0 Å². The molecule has 3 unspecified atom stereocenters. The van der Waals surface area contributed by atoms with Crippen LogP contribution in [0.2, 0.25) is 0 Å². The monoisotopic (exact) mass is 326 g/mol. The highest BCUT2D eigenvalue weighted by atomic mass is 32.2. The third kappa shape index (κ3) is 3.04. The number of rotatable bonds is 6. The van der Waals surface area contributed by atoms with E-state index in [-0.39, 0.29) is 6.04 Å². The van der Waals surface area contributed by atoms with Gasteiger partial charge in [0.25, 0.3) is 0 Å². The van der Waals surface area contributed by atoms with E-state index in [1.54, 1.807) is 6.07 Å². The van der Waals surface area contributed by atoms with E-state index in [0.717, 1.165) is 23.8 Å². The maximum atomic E-state index is 12.5. The average Bonchev–Trinajstić information content (AvgIpc) is 2.89. The Balaban J connectivity index is 1.41. The first-order chi connectivity index (χ1) is 10.1. The summed E-state index contributed by atoms with van der Waals surface area (Å²) < 4.78 is 28.4. The number of hydrogen-bond donors (Lipinski definition) is 2. The molecule has 0 aliphatic heterocycles. The molecule has 2 bridgehead atoms. The molecule has 21 heavy (non-hydrogen) atoms. The van der Waals surface area contributed by atoms with Gasteiger partial charge >= 0.3 is 0 Å². The van der Waals surface area contributed by atoms with Crippen molar-refractivity contribution in [3.63, 3.8) is 0 Å². The van der Waals surface area contributed by atoms with Crippen LogP contribution in [0.5, 0.6) is 0 Å². The van der Waals surface area contributed by atoms with Crippen molar-refractivity contribution in [1.29, 1.82) is 0 Å². The Morgan fingerprint density at radius 3 is 2.67 bits per heavy atom. The standard InChI is InChI=1S/C15H22N2O2S2/c18-21(19,17-14-8-10-1-2-11(14)7-10)15-6-5-13(20-15)9-16-12-3-4-12/h5-6,10-12,14,16-17H,1-4,7-9H2. The van der Waals surface area contributed by atoms with Crippen LogP contribution in [0.25, 0.3) is 0 Å². The SMILES string of the molecule is O=S(=O)(NC1CC2CCC1C2)c1ccc(CNC2CC2)s1. The molecule has 116 valence electrons. The lowest BCUT2D eigenvalue weighted by atomic mass is 9.96. The molecule has 0 saturated heterocycles. The Kier molecular flexibility index (Phi) is 3.60. The number of fused-ring (bicyclic) bond motifs is 2. The Morgan fingerprint density at radius 2 is 2.00 bits per heavy atom. The summed E-state index contributed by atoms with van der Waals surface area (Å²) in [5.41, 5.74) is 0. The van der Waals surface area contributed by atoms with Gasteiger partial charge in [-0.1, -0.05) is 6.42 Å². The van der Waals surface area contributed by atoms with Gasteiger partial charge in [0, 0.05) is 23.5 Å². The van der Waals surface area contributed by atoms with Crippen LogP contribution < -0.4 is 10.0 Å². The minimum absolute atomic E-state index is 0.170. The van der Waals surface area contributed by atoms with Gasteiger partial charge in [0.2, 0.25) is 10.0 Å². The molecule has 6 heteroatoms. The van der Waals surface area contributed by atoms with Gasteiger partial charge in [-0.05, 0) is 56.1 Å². The van der Waals surface area contributed by atoms with Crippen molar-refractivity contribution in [3.8, 4) is 0 Å². The first-order valence-corrected chi connectivity index (χ1v) is 10.2. The summed E-state index contributed by atoms with van der Waals surface area (Å²) in [5.74, 6) is 1.32. The normalized spacial score (nSPS) is 31.9. The molecule has 3 atom stereocenters. The zero-order valence-electron chi connectivity index (χ0n) is 12.0. The van der Waals surface area contributed by atoms with Crippen LogP contribution in [-0.2, 0) is 16.6 Å².